The van der Waals surface area contributed by atoms with Gasteiger partial charge in [-0.05, 0) is 35.4 Å². The number of halogens is 8. The van der Waals surface area contributed by atoms with Crippen molar-refractivity contribution in [2.24, 2.45) is 0 Å². The number of hydrogen-bond donors (Lipinski definition) is 0. The molecule has 0 saturated carbocycles. The zero-order valence-corrected chi connectivity index (χ0v) is 12.0. The smallest absolute Gasteiger partial charge is 0.434 e. The number of rotatable bonds is 4. The Bertz CT molecular complexity index is 720. The van der Waals surface area contributed by atoms with E-state index in [1.807, 2.05) is 0 Å². The molecule has 0 amide bonds. The van der Waals surface area contributed by atoms with E-state index in [0.29, 0.717) is 12.1 Å². The molecule has 2 nitrogen and oxygen atoms in total. The first-order valence-corrected chi connectivity index (χ1v) is 6.48. The third-order valence-corrected chi connectivity index (χ3v) is 2.92. The van der Waals surface area contributed by atoms with Gasteiger partial charge in [-0.15, -0.1) is 13.2 Å². The second-order valence-corrected chi connectivity index (χ2v) is 4.66. The molecule has 0 atom stereocenters. The van der Waals surface area contributed by atoms with Crippen molar-refractivity contribution in [2.75, 3.05) is 0 Å². The summed E-state index contributed by atoms with van der Waals surface area (Å²) in [6, 6.07) is 6.39. The Balaban J connectivity index is 2.36. The van der Waals surface area contributed by atoms with E-state index in [-0.39, 0.29) is 11.1 Å². The third kappa shape index (κ3) is 5.23. The summed E-state index contributed by atoms with van der Waals surface area (Å²) in [7, 11) is 0. The molecule has 2 rings (SSSR count). The van der Waals surface area contributed by atoms with Crippen LogP contribution in [-0.4, -0.2) is 13.0 Å². The molecule has 0 aliphatic heterocycles. The zero-order valence-electron chi connectivity index (χ0n) is 12.0. The molecule has 0 bridgehead atoms. The average Bonchev–Trinajstić information content (AvgIpc) is 2.45. The van der Waals surface area contributed by atoms with E-state index in [9.17, 15) is 35.1 Å². The molecular weight excluding hydrogens is 364 g/mol. The van der Waals surface area contributed by atoms with Crippen LogP contribution in [0.5, 0.6) is 11.5 Å². The van der Waals surface area contributed by atoms with Crippen LogP contribution in [0.15, 0.2) is 42.5 Å². The van der Waals surface area contributed by atoms with Crippen LogP contribution in [0.4, 0.5) is 35.1 Å². The van der Waals surface area contributed by atoms with Crippen LogP contribution in [0.2, 0.25) is 0 Å². The molecule has 0 aromatic heterocycles. The van der Waals surface area contributed by atoms with Gasteiger partial charge in [-0.1, -0.05) is 18.2 Å². The summed E-state index contributed by atoms with van der Waals surface area (Å²) in [5.74, 6) is -1.60. The van der Waals surface area contributed by atoms with E-state index in [0.717, 1.165) is 30.3 Å². The van der Waals surface area contributed by atoms with Gasteiger partial charge in [0.2, 0.25) is 0 Å². The molecule has 136 valence electrons. The maximum absolute atomic E-state index is 13.0. The molecule has 2 aromatic carbocycles. The van der Waals surface area contributed by atoms with Gasteiger partial charge < -0.3 is 9.47 Å². The van der Waals surface area contributed by atoms with Crippen molar-refractivity contribution in [2.45, 2.75) is 19.2 Å². The highest BCUT2D eigenvalue weighted by atomic mass is 19.4. The van der Waals surface area contributed by atoms with Crippen molar-refractivity contribution in [1.82, 2.24) is 0 Å². The lowest BCUT2D eigenvalue weighted by atomic mass is 10.0. The maximum Gasteiger partial charge on any atom is 0.573 e. The molecule has 0 N–H and O–H groups in total. The molecule has 0 aliphatic carbocycles. The first-order valence-electron chi connectivity index (χ1n) is 6.48. The monoisotopic (exact) mass is 372 g/mol. The summed E-state index contributed by atoms with van der Waals surface area (Å²) in [4.78, 5) is 0. The second-order valence-electron chi connectivity index (χ2n) is 4.66. The lowest BCUT2D eigenvalue weighted by molar-refractivity contribution is -0.274. The van der Waals surface area contributed by atoms with Gasteiger partial charge in [0, 0.05) is 0 Å². The van der Waals surface area contributed by atoms with E-state index in [1.165, 1.54) is 0 Å². The summed E-state index contributed by atoms with van der Waals surface area (Å²) < 4.78 is 107. The molecular formula is C15H8F8O2. The molecule has 0 radical (unpaired) electrons. The standard InChI is InChI=1S/C15H8F8O2/c16-13(17)24-12-6-3-9(7-11(12)14(18,19)20)8-1-4-10(5-2-8)25-15(21,22)23/h1-7,13H. The average molecular weight is 372 g/mol. The van der Waals surface area contributed by atoms with Crippen LogP contribution in [-0.2, 0) is 6.18 Å². The Hall–Kier alpha value is -2.52. The van der Waals surface area contributed by atoms with Crippen molar-refractivity contribution < 1.29 is 44.6 Å². The molecule has 0 aliphatic rings. The van der Waals surface area contributed by atoms with Gasteiger partial charge in [-0.3, -0.25) is 0 Å². The van der Waals surface area contributed by atoms with Crippen molar-refractivity contribution in [3.63, 3.8) is 0 Å². The van der Waals surface area contributed by atoms with Crippen LogP contribution in [0, 0.1) is 0 Å². The molecule has 0 unspecified atom stereocenters. The van der Waals surface area contributed by atoms with Gasteiger partial charge in [-0.2, -0.15) is 22.0 Å². The SMILES string of the molecule is FC(F)Oc1ccc(-c2ccc(OC(F)(F)F)cc2)cc1C(F)(F)F. The molecule has 0 heterocycles. The lowest BCUT2D eigenvalue weighted by Gasteiger charge is -2.15. The fourth-order valence-electron chi connectivity index (χ4n) is 1.98. The first-order chi connectivity index (χ1) is 11.5. The summed E-state index contributed by atoms with van der Waals surface area (Å²) in [5, 5.41) is 0. The first kappa shape index (κ1) is 18.8. The van der Waals surface area contributed by atoms with Crippen molar-refractivity contribution in [3.05, 3.63) is 48.0 Å². The Kier molecular flexibility index (Phi) is 5.09. The Morgan fingerprint density at radius 2 is 1.32 bits per heavy atom. The van der Waals surface area contributed by atoms with E-state index in [4.69, 9.17) is 0 Å². The van der Waals surface area contributed by atoms with Crippen LogP contribution < -0.4 is 9.47 Å². The van der Waals surface area contributed by atoms with Gasteiger partial charge in [-0.25, -0.2) is 0 Å². The highest BCUT2D eigenvalue weighted by Crippen LogP contribution is 2.39. The largest absolute Gasteiger partial charge is 0.573 e. The van der Waals surface area contributed by atoms with Crippen LogP contribution in [0.25, 0.3) is 11.1 Å². The van der Waals surface area contributed by atoms with Crippen molar-refractivity contribution in [3.8, 4) is 22.6 Å². The van der Waals surface area contributed by atoms with Gasteiger partial charge >= 0.3 is 19.2 Å². The van der Waals surface area contributed by atoms with Gasteiger partial charge in [0.1, 0.15) is 11.5 Å². The maximum atomic E-state index is 13.0. The Morgan fingerprint density at radius 3 is 1.80 bits per heavy atom. The molecule has 0 spiro atoms. The topological polar surface area (TPSA) is 18.5 Å². The second kappa shape index (κ2) is 6.77. The fraction of sp³-hybridized carbons (Fsp3) is 0.200. The summed E-state index contributed by atoms with van der Waals surface area (Å²) in [6.45, 7) is -3.44. The Morgan fingerprint density at radius 1 is 0.760 bits per heavy atom. The number of alkyl halides is 8. The van der Waals surface area contributed by atoms with Crippen LogP contribution in [0.1, 0.15) is 5.56 Å². The molecule has 0 fully saturated rings. The van der Waals surface area contributed by atoms with Crippen LogP contribution >= 0.6 is 0 Å². The predicted molar refractivity (Wildman–Crippen MR) is 70.2 cm³/mol. The lowest BCUT2D eigenvalue weighted by Crippen LogP contribution is -2.16. The van der Waals surface area contributed by atoms with E-state index >= 15 is 0 Å². The van der Waals surface area contributed by atoms with E-state index in [1.54, 1.807) is 0 Å². The highest BCUT2D eigenvalue weighted by Gasteiger charge is 2.35. The molecule has 2 aromatic rings. The fourth-order valence-corrected chi connectivity index (χ4v) is 1.98. The van der Waals surface area contributed by atoms with Gasteiger partial charge in [0.05, 0.1) is 5.56 Å². The minimum absolute atomic E-state index is 0.0486. The minimum Gasteiger partial charge on any atom is -0.434 e. The summed E-state index contributed by atoms with van der Waals surface area (Å²) in [6.07, 6.45) is -9.86. The molecule has 25 heavy (non-hydrogen) atoms. The predicted octanol–water partition coefficient (Wildman–Crippen LogP) is 5.87. The molecule has 0 saturated heterocycles. The molecule has 10 heteroatoms. The van der Waals surface area contributed by atoms with Gasteiger partial charge in [0.25, 0.3) is 0 Å². The Labute approximate surface area is 135 Å². The normalized spacial score (nSPS) is 12.4. The van der Waals surface area contributed by atoms with Crippen LogP contribution in [0.3, 0.4) is 0 Å². The van der Waals surface area contributed by atoms with Crippen molar-refractivity contribution >= 4 is 0 Å². The highest BCUT2D eigenvalue weighted by molar-refractivity contribution is 5.66. The summed E-state index contributed by atoms with van der Waals surface area (Å²) in [5.41, 5.74) is -1.35. The number of hydrogen-bond acceptors (Lipinski definition) is 2. The quantitative estimate of drug-likeness (QED) is 0.625. The van der Waals surface area contributed by atoms with Crippen molar-refractivity contribution in [1.29, 1.82) is 0 Å². The minimum atomic E-state index is -4.96. The summed E-state index contributed by atoms with van der Waals surface area (Å²) >= 11 is 0. The third-order valence-electron chi connectivity index (χ3n) is 2.92. The van der Waals surface area contributed by atoms with E-state index < -0.39 is 36.2 Å². The van der Waals surface area contributed by atoms with E-state index in [2.05, 4.69) is 9.47 Å². The van der Waals surface area contributed by atoms with Gasteiger partial charge in [0.15, 0.2) is 0 Å². The number of ether oxygens (including phenoxy) is 2. The number of benzene rings is 2. The zero-order chi connectivity index (χ0) is 18.8.